The Hall–Kier alpha value is -1.55. The van der Waals surface area contributed by atoms with E-state index in [1.165, 1.54) is 25.7 Å². The van der Waals surface area contributed by atoms with Crippen molar-refractivity contribution in [1.82, 2.24) is 0 Å². The standard InChI is InChI=1S/C19H32N2O2/c1-3-5-6-7-8-9-13-19(22)21-18-12-10-11-17(15-18)20-16-23-14-4-2/h10-12,15,20H,3-9,13-14,16H2,1-2H3,(H,21,22). The number of carbonyl (C=O) groups is 1. The quantitative estimate of drug-likeness (QED) is 0.389. The van der Waals surface area contributed by atoms with Gasteiger partial charge in [0.15, 0.2) is 0 Å². The maximum Gasteiger partial charge on any atom is 0.224 e. The summed E-state index contributed by atoms with van der Waals surface area (Å²) in [6.07, 6.45) is 8.80. The van der Waals surface area contributed by atoms with Gasteiger partial charge in [-0.3, -0.25) is 4.79 Å². The van der Waals surface area contributed by atoms with Gasteiger partial charge in [0.05, 0.1) is 0 Å². The van der Waals surface area contributed by atoms with Crippen LogP contribution in [0.5, 0.6) is 0 Å². The number of nitrogens with one attached hydrogen (secondary N) is 2. The first-order chi connectivity index (χ1) is 11.3. The van der Waals surface area contributed by atoms with Crippen molar-refractivity contribution in [2.75, 3.05) is 24.0 Å². The van der Waals surface area contributed by atoms with E-state index in [-0.39, 0.29) is 5.91 Å². The molecule has 4 nitrogen and oxygen atoms in total. The summed E-state index contributed by atoms with van der Waals surface area (Å²) in [5, 5.41) is 6.16. The van der Waals surface area contributed by atoms with Gasteiger partial charge < -0.3 is 15.4 Å². The van der Waals surface area contributed by atoms with E-state index >= 15 is 0 Å². The average Bonchev–Trinajstić information content (AvgIpc) is 2.55. The number of ether oxygens (including phenoxy) is 1. The molecule has 0 fully saturated rings. The van der Waals surface area contributed by atoms with Crippen LogP contribution in [0, 0.1) is 0 Å². The monoisotopic (exact) mass is 320 g/mol. The number of amides is 1. The Labute approximate surface area is 141 Å². The molecular formula is C19H32N2O2. The van der Waals surface area contributed by atoms with E-state index in [9.17, 15) is 4.79 Å². The second kappa shape index (κ2) is 12.9. The Balaban J connectivity index is 2.23. The molecule has 0 aromatic heterocycles. The van der Waals surface area contributed by atoms with Gasteiger partial charge in [-0.05, 0) is 31.0 Å². The van der Waals surface area contributed by atoms with Gasteiger partial charge in [-0.2, -0.15) is 0 Å². The van der Waals surface area contributed by atoms with E-state index in [1.807, 2.05) is 24.3 Å². The van der Waals surface area contributed by atoms with Crippen molar-refractivity contribution in [3.63, 3.8) is 0 Å². The van der Waals surface area contributed by atoms with Gasteiger partial charge in [0.25, 0.3) is 0 Å². The van der Waals surface area contributed by atoms with E-state index in [0.29, 0.717) is 13.2 Å². The third-order valence-electron chi connectivity index (χ3n) is 3.63. The smallest absolute Gasteiger partial charge is 0.224 e. The number of carbonyl (C=O) groups excluding carboxylic acids is 1. The lowest BCUT2D eigenvalue weighted by atomic mass is 10.1. The maximum absolute atomic E-state index is 12.0. The molecule has 130 valence electrons. The van der Waals surface area contributed by atoms with Gasteiger partial charge in [-0.25, -0.2) is 0 Å². The zero-order valence-electron chi connectivity index (χ0n) is 14.7. The summed E-state index contributed by atoms with van der Waals surface area (Å²) in [6, 6.07) is 7.76. The topological polar surface area (TPSA) is 50.4 Å². The third-order valence-corrected chi connectivity index (χ3v) is 3.63. The molecule has 0 aliphatic rings. The fraction of sp³-hybridized carbons (Fsp3) is 0.632. The van der Waals surface area contributed by atoms with E-state index in [2.05, 4.69) is 24.5 Å². The van der Waals surface area contributed by atoms with Crippen LogP contribution in [0.1, 0.15) is 65.2 Å². The van der Waals surface area contributed by atoms with Crippen LogP contribution >= 0.6 is 0 Å². The van der Waals surface area contributed by atoms with E-state index < -0.39 is 0 Å². The van der Waals surface area contributed by atoms with Crippen LogP contribution in [0.15, 0.2) is 24.3 Å². The Morgan fingerprint density at radius 2 is 1.74 bits per heavy atom. The van der Waals surface area contributed by atoms with Crippen LogP contribution in [0.3, 0.4) is 0 Å². The molecule has 0 atom stereocenters. The zero-order chi connectivity index (χ0) is 16.8. The molecule has 0 bridgehead atoms. The summed E-state index contributed by atoms with van der Waals surface area (Å²) in [5.74, 6) is 0.0971. The van der Waals surface area contributed by atoms with Gasteiger partial charge in [0.2, 0.25) is 5.91 Å². The maximum atomic E-state index is 12.0. The second-order valence-corrected chi connectivity index (χ2v) is 5.88. The Bertz CT molecular complexity index is 435. The lowest BCUT2D eigenvalue weighted by Gasteiger charge is -2.10. The molecule has 1 aromatic rings. The number of hydrogen-bond donors (Lipinski definition) is 2. The zero-order valence-corrected chi connectivity index (χ0v) is 14.7. The van der Waals surface area contributed by atoms with Crippen molar-refractivity contribution in [3.05, 3.63) is 24.3 Å². The Morgan fingerprint density at radius 3 is 2.52 bits per heavy atom. The van der Waals surface area contributed by atoms with Crippen molar-refractivity contribution >= 4 is 17.3 Å². The Morgan fingerprint density at radius 1 is 1.00 bits per heavy atom. The lowest BCUT2D eigenvalue weighted by Crippen LogP contribution is -2.12. The first kappa shape index (κ1) is 19.5. The SMILES string of the molecule is CCCCCCCCC(=O)Nc1cccc(NCOCCC)c1. The van der Waals surface area contributed by atoms with Gasteiger partial charge in [-0.1, -0.05) is 52.0 Å². The summed E-state index contributed by atoms with van der Waals surface area (Å²) in [6.45, 7) is 5.54. The molecule has 1 amide bonds. The predicted octanol–water partition coefficient (Wildman–Crippen LogP) is 5.17. The van der Waals surface area contributed by atoms with Crippen molar-refractivity contribution in [2.24, 2.45) is 0 Å². The number of anilines is 2. The summed E-state index contributed by atoms with van der Waals surface area (Å²) < 4.78 is 5.40. The molecule has 0 spiro atoms. The number of benzene rings is 1. The minimum absolute atomic E-state index is 0.0971. The molecule has 0 radical (unpaired) electrons. The first-order valence-corrected chi connectivity index (χ1v) is 8.97. The molecule has 23 heavy (non-hydrogen) atoms. The minimum Gasteiger partial charge on any atom is -0.363 e. The molecule has 1 rings (SSSR count). The lowest BCUT2D eigenvalue weighted by molar-refractivity contribution is -0.116. The van der Waals surface area contributed by atoms with Gasteiger partial charge in [0, 0.05) is 24.4 Å². The molecule has 0 heterocycles. The minimum atomic E-state index is 0.0971. The molecule has 2 N–H and O–H groups in total. The van der Waals surface area contributed by atoms with Crippen LogP contribution < -0.4 is 10.6 Å². The second-order valence-electron chi connectivity index (χ2n) is 5.88. The van der Waals surface area contributed by atoms with Crippen molar-refractivity contribution < 1.29 is 9.53 Å². The highest BCUT2D eigenvalue weighted by Crippen LogP contribution is 2.16. The predicted molar refractivity (Wildman–Crippen MR) is 97.8 cm³/mol. The highest BCUT2D eigenvalue weighted by Gasteiger charge is 2.03. The molecule has 4 heteroatoms. The van der Waals surface area contributed by atoms with Crippen LogP contribution in [0.2, 0.25) is 0 Å². The van der Waals surface area contributed by atoms with Gasteiger partial charge >= 0.3 is 0 Å². The molecule has 0 unspecified atom stereocenters. The highest BCUT2D eigenvalue weighted by molar-refractivity contribution is 5.91. The van der Waals surface area contributed by atoms with E-state index in [4.69, 9.17) is 4.74 Å². The van der Waals surface area contributed by atoms with Gasteiger partial charge in [-0.15, -0.1) is 0 Å². The van der Waals surface area contributed by atoms with Crippen LogP contribution in [0.25, 0.3) is 0 Å². The molecule has 0 saturated heterocycles. The normalized spacial score (nSPS) is 10.5. The number of hydrogen-bond acceptors (Lipinski definition) is 3. The van der Waals surface area contributed by atoms with Crippen LogP contribution in [-0.2, 0) is 9.53 Å². The fourth-order valence-electron chi connectivity index (χ4n) is 2.35. The van der Waals surface area contributed by atoms with Crippen LogP contribution in [0.4, 0.5) is 11.4 Å². The largest absolute Gasteiger partial charge is 0.363 e. The highest BCUT2D eigenvalue weighted by atomic mass is 16.5. The van der Waals surface area contributed by atoms with Crippen LogP contribution in [-0.4, -0.2) is 19.2 Å². The summed E-state index contributed by atoms with van der Waals surface area (Å²) in [4.78, 5) is 12.0. The molecular weight excluding hydrogens is 288 g/mol. The average molecular weight is 320 g/mol. The van der Waals surface area contributed by atoms with E-state index in [0.717, 1.165) is 37.2 Å². The third kappa shape index (κ3) is 9.95. The number of rotatable bonds is 13. The molecule has 1 aromatic carbocycles. The molecule has 0 saturated carbocycles. The molecule has 0 aliphatic heterocycles. The van der Waals surface area contributed by atoms with Gasteiger partial charge in [0.1, 0.15) is 6.73 Å². The number of unbranched alkanes of at least 4 members (excludes halogenated alkanes) is 5. The van der Waals surface area contributed by atoms with Crippen molar-refractivity contribution in [1.29, 1.82) is 0 Å². The van der Waals surface area contributed by atoms with E-state index in [1.54, 1.807) is 0 Å². The molecule has 0 aliphatic carbocycles. The summed E-state index contributed by atoms with van der Waals surface area (Å²) >= 11 is 0. The van der Waals surface area contributed by atoms with Crippen molar-refractivity contribution in [2.45, 2.75) is 65.2 Å². The van der Waals surface area contributed by atoms with Crippen molar-refractivity contribution in [3.8, 4) is 0 Å². The fourth-order valence-corrected chi connectivity index (χ4v) is 2.35. The summed E-state index contributed by atoms with van der Waals surface area (Å²) in [5.41, 5.74) is 1.79. The Kier molecular flexibility index (Phi) is 11.0. The first-order valence-electron chi connectivity index (χ1n) is 8.97. The summed E-state index contributed by atoms with van der Waals surface area (Å²) in [7, 11) is 0.